The number of rotatable bonds is 4. The Hall–Kier alpha value is -1.25. The van der Waals surface area contributed by atoms with Crippen LogP contribution >= 0.6 is 11.6 Å². The van der Waals surface area contributed by atoms with Gasteiger partial charge in [0.25, 0.3) is 0 Å². The summed E-state index contributed by atoms with van der Waals surface area (Å²) in [6.45, 7) is 0.706. The van der Waals surface area contributed by atoms with Crippen LogP contribution < -0.4 is 0 Å². The van der Waals surface area contributed by atoms with Crippen LogP contribution in [-0.4, -0.2) is 18.7 Å². The predicted molar refractivity (Wildman–Crippen MR) is 66.8 cm³/mol. The smallest absolute Gasteiger partial charge is 0.0517 e. The molecule has 1 N–H and O–H groups in total. The molecule has 0 radical (unpaired) electrons. The van der Waals surface area contributed by atoms with E-state index in [9.17, 15) is 0 Å². The molecule has 0 fully saturated rings. The molecule has 2 rings (SSSR count). The molecule has 0 aliphatic carbocycles. The number of nitrogens with one attached hydrogen (secondary N) is 1. The van der Waals surface area contributed by atoms with E-state index in [1.807, 2.05) is 36.5 Å². The number of aromatic amines is 1. The number of methoxy groups -OCH3 is 1. The van der Waals surface area contributed by atoms with Crippen molar-refractivity contribution in [3.05, 3.63) is 47.2 Å². The number of benzene rings is 1. The largest absolute Gasteiger partial charge is 0.384 e. The Bertz CT molecular complexity index is 464. The van der Waals surface area contributed by atoms with Gasteiger partial charge >= 0.3 is 0 Å². The van der Waals surface area contributed by atoms with Crippen molar-refractivity contribution in [3.63, 3.8) is 0 Å². The lowest BCUT2D eigenvalue weighted by Gasteiger charge is -2.05. The fourth-order valence-corrected chi connectivity index (χ4v) is 1.98. The van der Waals surface area contributed by atoms with Crippen molar-refractivity contribution in [2.75, 3.05) is 13.7 Å². The molecular weight excluding hydrogens is 222 g/mol. The molecule has 0 aliphatic rings. The molecule has 0 spiro atoms. The highest BCUT2D eigenvalue weighted by molar-refractivity contribution is 6.33. The van der Waals surface area contributed by atoms with Crippen molar-refractivity contribution < 1.29 is 4.74 Å². The first kappa shape index (κ1) is 11.2. The minimum atomic E-state index is 0.706. The van der Waals surface area contributed by atoms with Gasteiger partial charge in [-0.2, -0.15) is 0 Å². The van der Waals surface area contributed by atoms with Crippen molar-refractivity contribution in [2.24, 2.45) is 0 Å². The van der Waals surface area contributed by atoms with E-state index in [0.717, 1.165) is 28.3 Å². The van der Waals surface area contributed by atoms with Gasteiger partial charge in [-0.25, -0.2) is 0 Å². The van der Waals surface area contributed by atoms with Gasteiger partial charge in [0.05, 0.1) is 6.61 Å². The fourth-order valence-electron chi connectivity index (χ4n) is 1.75. The van der Waals surface area contributed by atoms with E-state index < -0.39 is 0 Å². The van der Waals surface area contributed by atoms with Gasteiger partial charge in [0.1, 0.15) is 0 Å². The zero-order valence-electron chi connectivity index (χ0n) is 9.16. The molecule has 2 nitrogen and oxygen atoms in total. The van der Waals surface area contributed by atoms with Crippen LogP contribution in [0.25, 0.3) is 11.1 Å². The van der Waals surface area contributed by atoms with Crippen LogP contribution in [0.4, 0.5) is 0 Å². The minimum Gasteiger partial charge on any atom is -0.384 e. The molecule has 3 heteroatoms. The molecule has 16 heavy (non-hydrogen) atoms. The van der Waals surface area contributed by atoms with Crippen molar-refractivity contribution in [3.8, 4) is 11.1 Å². The first-order valence-electron chi connectivity index (χ1n) is 5.23. The van der Waals surface area contributed by atoms with Gasteiger partial charge in [0, 0.05) is 41.6 Å². The van der Waals surface area contributed by atoms with Crippen molar-refractivity contribution in [2.45, 2.75) is 6.42 Å². The maximum absolute atomic E-state index is 6.18. The molecule has 0 unspecified atom stereocenters. The fraction of sp³-hybridized carbons (Fsp3) is 0.231. The maximum atomic E-state index is 6.18. The summed E-state index contributed by atoms with van der Waals surface area (Å²) in [6, 6.07) is 9.92. The zero-order chi connectivity index (χ0) is 11.4. The van der Waals surface area contributed by atoms with E-state index in [-0.39, 0.29) is 0 Å². The zero-order valence-corrected chi connectivity index (χ0v) is 9.92. The molecule has 84 valence electrons. The summed E-state index contributed by atoms with van der Waals surface area (Å²) in [5, 5.41) is 0.778. The summed E-state index contributed by atoms with van der Waals surface area (Å²) in [4.78, 5) is 3.23. The standard InChI is InChI=1S/C13H14ClNO/c1-16-9-7-13-11(6-8-15-13)10-4-2-3-5-12(10)14/h2-6,8,15H,7,9H2,1H3. The first-order chi connectivity index (χ1) is 7.83. The quantitative estimate of drug-likeness (QED) is 0.862. The number of aromatic nitrogens is 1. The average Bonchev–Trinajstić information content (AvgIpc) is 2.75. The highest BCUT2D eigenvalue weighted by Crippen LogP contribution is 2.29. The molecule has 1 aromatic carbocycles. The predicted octanol–water partition coefficient (Wildman–Crippen LogP) is 3.52. The molecular formula is C13H14ClNO. The van der Waals surface area contributed by atoms with Gasteiger partial charge in [-0.1, -0.05) is 29.8 Å². The minimum absolute atomic E-state index is 0.706. The lowest BCUT2D eigenvalue weighted by atomic mass is 10.0. The third-order valence-corrected chi connectivity index (χ3v) is 2.88. The molecule has 0 saturated heterocycles. The second-order valence-corrected chi connectivity index (χ2v) is 4.00. The summed E-state index contributed by atoms with van der Waals surface area (Å²) in [7, 11) is 1.71. The van der Waals surface area contributed by atoms with Gasteiger partial charge in [-0.05, 0) is 12.1 Å². The average molecular weight is 236 g/mol. The number of hydrogen-bond acceptors (Lipinski definition) is 1. The molecule has 1 heterocycles. The third kappa shape index (κ3) is 2.29. The Morgan fingerprint density at radius 3 is 2.75 bits per heavy atom. The Kier molecular flexibility index (Phi) is 3.65. The van der Waals surface area contributed by atoms with Crippen LogP contribution in [0, 0.1) is 0 Å². The Morgan fingerprint density at radius 2 is 2.00 bits per heavy atom. The van der Waals surface area contributed by atoms with E-state index in [4.69, 9.17) is 16.3 Å². The highest BCUT2D eigenvalue weighted by Gasteiger charge is 2.08. The molecule has 0 saturated carbocycles. The first-order valence-corrected chi connectivity index (χ1v) is 5.61. The number of H-pyrrole nitrogens is 1. The number of hydrogen-bond donors (Lipinski definition) is 1. The van der Waals surface area contributed by atoms with Crippen LogP contribution in [0.2, 0.25) is 5.02 Å². The second-order valence-electron chi connectivity index (χ2n) is 3.59. The van der Waals surface area contributed by atoms with Crippen molar-refractivity contribution in [1.29, 1.82) is 0 Å². The normalized spacial score (nSPS) is 10.6. The summed E-state index contributed by atoms with van der Waals surface area (Å²) >= 11 is 6.18. The van der Waals surface area contributed by atoms with Gasteiger partial charge in [-0.3, -0.25) is 0 Å². The van der Waals surface area contributed by atoms with E-state index >= 15 is 0 Å². The summed E-state index contributed by atoms with van der Waals surface area (Å²) in [5.41, 5.74) is 3.38. The Morgan fingerprint density at radius 1 is 1.19 bits per heavy atom. The van der Waals surface area contributed by atoms with Gasteiger partial charge in [0.15, 0.2) is 0 Å². The lowest BCUT2D eigenvalue weighted by Crippen LogP contribution is -1.96. The molecule has 0 aliphatic heterocycles. The summed E-state index contributed by atoms with van der Waals surface area (Å²) in [5.74, 6) is 0. The van der Waals surface area contributed by atoms with Crippen LogP contribution in [0.5, 0.6) is 0 Å². The van der Waals surface area contributed by atoms with Gasteiger partial charge in [0.2, 0.25) is 0 Å². The molecule has 2 aromatic rings. The molecule has 0 bridgehead atoms. The van der Waals surface area contributed by atoms with Crippen LogP contribution in [0.15, 0.2) is 36.5 Å². The van der Waals surface area contributed by atoms with E-state index in [1.165, 1.54) is 0 Å². The van der Waals surface area contributed by atoms with Gasteiger partial charge in [-0.15, -0.1) is 0 Å². The third-order valence-electron chi connectivity index (χ3n) is 2.55. The van der Waals surface area contributed by atoms with Crippen LogP contribution in [-0.2, 0) is 11.2 Å². The Labute approximate surface area is 100 Å². The van der Waals surface area contributed by atoms with E-state index in [2.05, 4.69) is 4.98 Å². The monoisotopic (exact) mass is 235 g/mol. The van der Waals surface area contributed by atoms with Crippen LogP contribution in [0.1, 0.15) is 5.69 Å². The van der Waals surface area contributed by atoms with E-state index in [0.29, 0.717) is 6.61 Å². The summed E-state index contributed by atoms with van der Waals surface area (Å²) in [6.07, 6.45) is 2.80. The number of halogens is 1. The van der Waals surface area contributed by atoms with E-state index in [1.54, 1.807) is 7.11 Å². The van der Waals surface area contributed by atoms with Crippen LogP contribution in [0.3, 0.4) is 0 Å². The van der Waals surface area contributed by atoms with Gasteiger partial charge < -0.3 is 9.72 Å². The Balaban J connectivity index is 2.33. The summed E-state index contributed by atoms with van der Waals surface area (Å²) < 4.78 is 5.08. The second kappa shape index (κ2) is 5.19. The lowest BCUT2D eigenvalue weighted by molar-refractivity contribution is 0.201. The SMILES string of the molecule is COCCc1[nH]ccc1-c1ccccc1Cl. The highest BCUT2D eigenvalue weighted by atomic mass is 35.5. The molecule has 0 atom stereocenters. The molecule has 1 aromatic heterocycles. The van der Waals surface area contributed by atoms with Crippen molar-refractivity contribution in [1.82, 2.24) is 4.98 Å². The maximum Gasteiger partial charge on any atom is 0.0517 e. The van der Waals surface area contributed by atoms with Crippen molar-refractivity contribution >= 4 is 11.6 Å². The topological polar surface area (TPSA) is 25.0 Å². The number of ether oxygens (including phenoxy) is 1. The molecule has 0 amide bonds.